The van der Waals surface area contributed by atoms with Gasteiger partial charge in [0.25, 0.3) is 0 Å². The molecule has 0 heterocycles. The second kappa shape index (κ2) is 10.8. The first-order chi connectivity index (χ1) is 15.5. The third kappa shape index (κ3) is 5.87. The molecule has 2 aromatic rings. The van der Waals surface area contributed by atoms with E-state index in [1.54, 1.807) is 43.3 Å². The van der Waals surface area contributed by atoms with E-state index in [0.29, 0.717) is 29.9 Å². The normalized spacial score (nSPS) is 14.8. The Bertz CT molecular complexity index is 982. The third-order valence-electron chi connectivity index (χ3n) is 5.38. The Labute approximate surface area is 187 Å². The number of carbonyl (C=O) groups is 2. The molecule has 0 radical (unpaired) electrons. The summed E-state index contributed by atoms with van der Waals surface area (Å²) in [6, 6.07) is 11.4. The number of halogens is 1. The Morgan fingerprint density at radius 2 is 1.91 bits per heavy atom. The predicted molar refractivity (Wildman–Crippen MR) is 119 cm³/mol. The molecule has 0 saturated heterocycles. The topological polar surface area (TPSA) is 73.9 Å². The van der Waals surface area contributed by atoms with Crippen LogP contribution in [-0.4, -0.2) is 31.1 Å². The highest BCUT2D eigenvalue weighted by Crippen LogP contribution is 2.31. The maximum atomic E-state index is 13.3. The van der Waals surface area contributed by atoms with Crippen LogP contribution in [-0.2, 0) is 20.9 Å². The van der Waals surface area contributed by atoms with Crippen molar-refractivity contribution in [2.24, 2.45) is 0 Å². The van der Waals surface area contributed by atoms with Gasteiger partial charge in [-0.05, 0) is 61.2 Å². The van der Waals surface area contributed by atoms with Crippen molar-refractivity contribution in [1.82, 2.24) is 5.32 Å². The van der Waals surface area contributed by atoms with Crippen molar-refractivity contribution in [3.63, 3.8) is 0 Å². The van der Waals surface area contributed by atoms with Gasteiger partial charge in [-0.3, -0.25) is 4.79 Å². The Morgan fingerprint density at radius 1 is 1.12 bits per heavy atom. The summed E-state index contributed by atoms with van der Waals surface area (Å²) in [6.45, 7) is 2.22. The SMILES string of the molecule is CCOC(=O)C1(NC(=O)C=Cc2ccc(OCc3cccc(F)c3)c(OC)c2)CCCC1. The Balaban J connectivity index is 1.65. The zero-order chi connectivity index (χ0) is 23.0. The number of rotatable bonds is 9. The summed E-state index contributed by atoms with van der Waals surface area (Å²) in [5, 5.41) is 2.84. The molecule has 6 nitrogen and oxygen atoms in total. The zero-order valence-corrected chi connectivity index (χ0v) is 18.4. The van der Waals surface area contributed by atoms with E-state index in [1.165, 1.54) is 25.3 Å². The molecule has 3 rings (SSSR count). The lowest BCUT2D eigenvalue weighted by molar-refractivity contribution is -0.152. The van der Waals surface area contributed by atoms with Crippen LogP contribution < -0.4 is 14.8 Å². The fourth-order valence-corrected chi connectivity index (χ4v) is 3.77. The van der Waals surface area contributed by atoms with Crippen molar-refractivity contribution in [3.8, 4) is 11.5 Å². The van der Waals surface area contributed by atoms with E-state index in [0.717, 1.165) is 18.4 Å². The van der Waals surface area contributed by atoms with Crippen molar-refractivity contribution >= 4 is 18.0 Å². The first-order valence-corrected chi connectivity index (χ1v) is 10.7. The summed E-state index contributed by atoms with van der Waals surface area (Å²) >= 11 is 0. The monoisotopic (exact) mass is 441 g/mol. The number of hydrogen-bond acceptors (Lipinski definition) is 5. The molecule has 1 N–H and O–H groups in total. The van der Waals surface area contributed by atoms with Gasteiger partial charge in [-0.25, -0.2) is 9.18 Å². The molecule has 170 valence electrons. The molecule has 2 aromatic carbocycles. The number of benzene rings is 2. The lowest BCUT2D eigenvalue weighted by Gasteiger charge is -2.27. The molecule has 32 heavy (non-hydrogen) atoms. The number of nitrogens with one attached hydrogen (secondary N) is 1. The van der Waals surface area contributed by atoms with Gasteiger partial charge in [-0.15, -0.1) is 0 Å². The summed E-state index contributed by atoms with van der Waals surface area (Å²) in [5.74, 6) is -0.0569. The van der Waals surface area contributed by atoms with Crippen LogP contribution in [0.25, 0.3) is 6.08 Å². The van der Waals surface area contributed by atoms with Crippen molar-refractivity contribution in [1.29, 1.82) is 0 Å². The van der Waals surface area contributed by atoms with Crippen molar-refractivity contribution < 1.29 is 28.2 Å². The van der Waals surface area contributed by atoms with Crippen LogP contribution >= 0.6 is 0 Å². The molecule has 1 saturated carbocycles. The highest BCUT2D eigenvalue weighted by atomic mass is 19.1. The van der Waals surface area contributed by atoms with Crippen LogP contribution in [0, 0.1) is 5.82 Å². The van der Waals surface area contributed by atoms with Gasteiger partial charge in [-0.2, -0.15) is 0 Å². The van der Waals surface area contributed by atoms with E-state index in [-0.39, 0.29) is 30.9 Å². The molecule has 1 aliphatic rings. The van der Waals surface area contributed by atoms with Gasteiger partial charge < -0.3 is 19.5 Å². The van der Waals surface area contributed by atoms with Crippen LogP contribution in [0.2, 0.25) is 0 Å². The number of esters is 1. The third-order valence-corrected chi connectivity index (χ3v) is 5.38. The van der Waals surface area contributed by atoms with Gasteiger partial charge >= 0.3 is 5.97 Å². The van der Waals surface area contributed by atoms with Crippen LogP contribution in [0.15, 0.2) is 48.5 Å². The van der Waals surface area contributed by atoms with Crippen molar-refractivity contribution in [2.45, 2.75) is 44.8 Å². The molecule has 1 aliphatic carbocycles. The zero-order valence-electron chi connectivity index (χ0n) is 18.4. The van der Waals surface area contributed by atoms with E-state index in [1.807, 2.05) is 0 Å². The van der Waals surface area contributed by atoms with E-state index >= 15 is 0 Å². The van der Waals surface area contributed by atoms with Crippen LogP contribution in [0.4, 0.5) is 4.39 Å². The average molecular weight is 441 g/mol. The Morgan fingerprint density at radius 3 is 2.59 bits per heavy atom. The average Bonchev–Trinajstić information content (AvgIpc) is 3.26. The molecule has 0 bridgehead atoms. The Hall–Kier alpha value is -3.35. The lowest BCUT2D eigenvalue weighted by atomic mass is 9.97. The summed E-state index contributed by atoms with van der Waals surface area (Å²) in [7, 11) is 1.52. The molecule has 0 aliphatic heterocycles. The first kappa shape index (κ1) is 23.3. The van der Waals surface area contributed by atoms with Crippen LogP contribution in [0.5, 0.6) is 11.5 Å². The molecule has 7 heteroatoms. The molecule has 1 amide bonds. The number of methoxy groups -OCH3 is 1. The van der Waals surface area contributed by atoms with Gasteiger partial charge in [0.2, 0.25) is 5.91 Å². The minimum absolute atomic E-state index is 0.196. The van der Waals surface area contributed by atoms with Crippen LogP contribution in [0.3, 0.4) is 0 Å². The fraction of sp³-hybridized carbons (Fsp3) is 0.360. The standard InChI is InChI=1S/C25H28FNO5/c1-3-31-24(29)25(13-4-5-14-25)27-23(28)12-10-18-9-11-21(22(16-18)30-2)32-17-19-7-6-8-20(26)15-19/h6-12,15-16H,3-5,13-14,17H2,1-2H3,(H,27,28). The van der Waals surface area contributed by atoms with Gasteiger partial charge in [0.15, 0.2) is 11.5 Å². The molecule has 0 aromatic heterocycles. The highest BCUT2D eigenvalue weighted by molar-refractivity contribution is 5.96. The van der Waals surface area contributed by atoms with Gasteiger partial charge in [-0.1, -0.05) is 31.0 Å². The molecular formula is C25H28FNO5. The highest BCUT2D eigenvalue weighted by Gasteiger charge is 2.43. The number of carbonyl (C=O) groups excluding carboxylic acids is 2. The maximum Gasteiger partial charge on any atom is 0.331 e. The summed E-state index contributed by atoms with van der Waals surface area (Å²) in [6.07, 6.45) is 5.94. The summed E-state index contributed by atoms with van der Waals surface area (Å²) in [5.41, 5.74) is 0.492. The molecule has 0 atom stereocenters. The van der Waals surface area contributed by atoms with E-state index in [9.17, 15) is 14.0 Å². The summed E-state index contributed by atoms with van der Waals surface area (Å²) < 4.78 is 29.6. The minimum Gasteiger partial charge on any atom is -0.493 e. The smallest absolute Gasteiger partial charge is 0.331 e. The van der Waals surface area contributed by atoms with Crippen molar-refractivity contribution in [3.05, 3.63) is 65.5 Å². The number of ether oxygens (including phenoxy) is 3. The van der Waals surface area contributed by atoms with E-state index < -0.39 is 5.54 Å². The first-order valence-electron chi connectivity index (χ1n) is 10.7. The van der Waals surface area contributed by atoms with E-state index in [4.69, 9.17) is 14.2 Å². The summed E-state index contributed by atoms with van der Waals surface area (Å²) in [4.78, 5) is 24.9. The number of hydrogen-bond donors (Lipinski definition) is 1. The maximum absolute atomic E-state index is 13.3. The van der Waals surface area contributed by atoms with E-state index in [2.05, 4.69) is 5.32 Å². The van der Waals surface area contributed by atoms with Gasteiger partial charge in [0.05, 0.1) is 13.7 Å². The van der Waals surface area contributed by atoms with Crippen LogP contribution in [0.1, 0.15) is 43.7 Å². The lowest BCUT2D eigenvalue weighted by Crippen LogP contribution is -2.52. The fourth-order valence-electron chi connectivity index (χ4n) is 3.77. The number of amides is 1. The second-order valence-corrected chi connectivity index (χ2v) is 7.66. The molecule has 0 unspecified atom stereocenters. The Kier molecular flexibility index (Phi) is 7.87. The minimum atomic E-state index is -0.941. The molecular weight excluding hydrogens is 413 g/mol. The predicted octanol–water partition coefficient (Wildman–Crippen LogP) is 4.42. The van der Waals surface area contributed by atoms with Crippen molar-refractivity contribution in [2.75, 3.05) is 13.7 Å². The molecule has 0 spiro atoms. The van der Waals surface area contributed by atoms with Gasteiger partial charge in [0, 0.05) is 6.08 Å². The quantitative estimate of drug-likeness (QED) is 0.461. The second-order valence-electron chi connectivity index (χ2n) is 7.66. The largest absolute Gasteiger partial charge is 0.493 e. The van der Waals surface area contributed by atoms with Gasteiger partial charge in [0.1, 0.15) is 18.0 Å². The molecule has 1 fully saturated rings.